The van der Waals surface area contributed by atoms with Crippen LogP contribution >= 0.6 is 0 Å². The Morgan fingerprint density at radius 1 is 1.25 bits per heavy atom. The summed E-state index contributed by atoms with van der Waals surface area (Å²) in [5, 5.41) is 18.1. The summed E-state index contributed by atoms with van der Waals surface area (Å²) in [5.41, 5.74) is 2.08. The number of nitro benzene ring substituents is 1. The molecule has 2 N–H and O–H groups in total. The molecule has 122 valence electrons. The number of aromatic nitrogens is 3. The van der Waals surface area contributed by atoms with Crippen LogP contribution in [0.4, 0.5) is 17.2 Å². The molecule has 1 aromatic carbocycles. The number of nitrogens with zero attached hydrogens (tertiary/aromatic N) is 4. The van der Waals surface area contributed by atoms with E-state index in [-0.39, 0.29) is 5.69 Å². The van der Waals surface area contributed by atoms with Crippen LogP contribution in [0.5, 0.6) is 0 Å². The smallest absolute Gasteiger partial charge is 0.293 e. The maximum Gasteiger partial charge on any atom is 0.293 e. The molecule has 0 aliphatic carbocycles. The number of benzene rings is 1. The van der Waals surface area contributed by atoms with Crippen molar-refractivity contribution in [1.29, 1.82) is 0 Å². The van der Waals surface area contributed by atoms with Gasteiger partial charge in [0.05, 0.1) is 10.4 Å². The lowest BCUT2D eigenvalue weighted by Crippen LogP contribution is -2.05. The molecule has 0 atom stereocenters. The number of hydrogen-bond acceptors (Lipinski definition) is 7. The second-order valence-corrected chi connectivity index (χ2v) is 5.11. The average Bonchev–Trinajstić information content (AvgIpc) is 2.60. The Balaban J connectivity index is 1.99. The van der Waals surface area contributed by atoms with E-state index in [9.17, 15) is 10.1 Å². The van der Waals surface area contributed by atoms with Gasteiger partial charge in [-0.1, -0.05) is 6.07 Å². The van der Waals surface area contributed by atoms with E-state index >= 15 is 0 Å². The van der Waals surface area contributed by atoms with Gasteiger partial charge in [-0.3, -0.25) is 15.1 Å². The van der Waals surface area contributed by atoms with Gasteiger partial charge < -0.3 is 10.6 Å². The van der Waals surface area contributed by atoms with Gasteiger partial charge in [0.2, 0.25) is 0 Å². The molecule has 0 spiro atoms. The fourth-order valence-corrected chi connectivity index (χ4v) is 2.40. The lowest BCUT2D eigenvalue weighted by Gasteiger charge is -2.10. The molecule has 0 bridgehead atoms. The van der Waals surface area contributed by atoms with E-state index in [1.165, 1.54) is 12.4 Å². The van der Waals surface area contributed by atoms with Crippen LogP contribution in [0.1, 0.15) is 12.5 Å². The Kier molecular flexibility index (Phi) is 4.46. The highest BCUT2D eigenvalue weighted by Gasteiger charge is 2.17. The summed E-state index contributed by atoms with van der Waals surface area (Å²) in [5.74, 6) is 0.551. The Bertz CT molecular complexity index is 869. The van der Waals surface area contributed by atoms with E-state index in [0.29, 0.717) is 35.5 Å². The van der Waals surface area contributed by atoms with Crippen molar-refractivity contribution in [2.24, 2.45) is 0 Å². The van der Waals surface area contributed by atoms with Gasteiger partial charge in [-0.15, -0.1) is 0 Å². The molecule has 0 saturated heterocycles. The summed E-state index contributed by atoms with van der Waals surface area (Å²) in [7, 11) is 0. The summed E-state index contributed by atoms with van der Waals surface area (Å²) in [6.45, 7) is 2.99. The monoisotopic (exact) mass is 324 g/mol. The van der Waals surface area contributed by atoms with Gasteiger partial charge >= 0.3 is 0 Å². The van der Waals surface area contributed by atoms with E-state index in [0.717, 1.165) is 5.56 Å². The Labute approximate surface area is 138 Å². The van der Waals surface area contributed by atoms with Crippen LogP contribution in [0, 0.1) is 10.1 Å². The number of rotatable bonds is 6. The Morgan fingerprint density at radius 3 is 2.83 bits per heavy atom. The summed E-state index contributed by atoms with van der Waals surface area (Å²) in [6, 6.07) is 6.96. The van der Waals surface area contributed by atoms with Crippen molar-refractivity contribution in [2.45, 2.75) is 13.5 Å². The van der Waals surface area contributed by atoms with E-state index in [2.05, 4.69) is 25.6 Å². The quantitative estimate of drug-likeness (QED) is 0.530. The van der Waals surface area contributed by atoms with Gasteiger partial charge in [-0.25, -0.2) is 9.97 Å². The lowest BCUT2D eigenvalue weighted by atomic mass is 10.1. The highest BCUT2D eigenvalue weighted by Crippen LogP contribution is 2.32. The largest absolute Gasteiger partial charge is 0.380 e. The van der Waals surface area contributed by atoms with Crippen LogP contribution in [0.3, 0.4) is 0 Å². The highest BCUT2D eigenvalue weighted by atomic mass is 16.6. The third-order valence-electron chi connectivity index (χ3n) is 3.50. The molecule has 0 saturated carbocycles. The van der Waals surface area contributed by atoms with E-state index in [1.54, 1.807) is 18.5 Å². The van der Waals surface area contributed by atoms with E-state index in [4.69, 9.17) is 0 Å². The zero-order chi connectivity index (χ0) is 16.9. The van der Waals surface area contributed by atoms with Crippen LogP contribution in [0.2, 0.25) is 0 Å². The number of nitrogens with one attached hydrogen (secondary N) is 2. The molecular formula is C16H16N6O2. The van der Waals surface area contributed by atoms with Crippen molar-refractivity contribution in [3.8, 4) is 0 Å². The SMILES string of the molecule is CCNc1cc2ncnc(NCc3cccnc3)c2cc1[N+](=O)[O-]. The molecule has 3 rings (SSSR count). The van der Waals surface area contributed by atoms with Crippen LogP contribution in [0.25, 0.3) is 10.9 Å². The molecule has 24 heavy (non-hydrogen) atoms. The number of hydrogen-bond donors (Lipinski definition) is 2. The molecular weight excluding hydrogens is 308 g/mol. The second kappa shape index (κ2) is 6.86. The van der Waals surface area contributed by atoms with Crippen molar-refractivity contribution < 1.29 is 4.92 Å². The molecule has 2 aromatic heterocycles. The van der Waals surface area contributed by atoms with Crippen LogP contribution in [-0.4, -0.2) is 26.4 Å². The molecule has 0 aliphatic heterocycles. The number of nitro groups is 1. The summed E-state index contributed by atoms with van der Waals surface area (Å²) >= 11 is 0. The maximum atomic E-state index is 11.3. The summed E-state index contributed by atoms with van der Waals surface area (Å²) in [4.78, 5) is 23.4. The molecule has 0 aliphatic rings. The normalized spacial score (nSPS) is 10.5. The lowest BCUT2D eigenvalue weighted by molar-refractivity contribution is -0.383. The Hall–Kier alpha value is -3.29. The molecule has 3 aromatic rings. The standard InChI is InChI=1S/C16H16N6O2/c1-2-18-14-7-13-12(6-15(14)22(23)24)16(21-10-20-13)19-9-11-4-3-5-17-8-11/h3-8,10,18H,2,9H2,1H3,(H,19,20,21). The Morgan fingerprint density at radius 2 is 2.12 bits per heavy atom. The highest BCUT2D eigenvalue weighted by molar-refractivity contribution is 5.94. The molecule has 0 fully saturated rings. The van der Waals surface area contributed by atoms with Crippen molar-refractivity contribution in [2.75, 3.05) is 17.2 Å². The average molecular weight is 324 g/mol. The number of fused-ring (bicyclic) bond motifs is 1. The predicted octanol–water partition coefficient (Wildman–Crippen LogP) is 2.98. The first-order valence-electron chi connectivity index (χ1n) is 7.49. The van der Waals surface area contributed by atoms with Gasteiger partial charge in [0.25, 0.3) is 5.69 Å². The van der Waals surface area contributed by atoms with Gasteiger partial charge in [0.1, 0.15) is 17.8 Å². The molecule has 0 radical (unpaired) electrons. The predicted molar refractivity (Wildman–Crippen MR) is 91.9 cm³/mol. The van der Waals surface area contributed by atoms with Gasteiger partial charge in [0.15, 0.2) is 0 Å². The minimum atomic E-state index is -0.407. The number of pyridine rings is 1. The van der Waals surface area contributed by atoms with Crippen LogP contribution in [-0.2, 0) is 6.54 Å². The van der Waals surface area contributed by atoms with Crippen LogP contribution < -0.4 is 10.6 Å². The molecule has 0 unspecified atom stereocenters. The number of anilines is 2. The van der Waals surface area contributed by atoms with Crippen molar-refractivity contribution in [3.63, 3.8) is 0 Å². The zero-order valence-electron chi connectivity index (χ0n) is 13.1. The van der Waals surface area contributed by atoms with Gasteiger partial charge in [-0.2, -0.15) is 0 Å². The first kappa shape index (κ1) is 15.6. The van der Waals surface area contributed by atoms with E-state index in [1.807, 2.05) is 19.1 Å². The first-order valence-corrected chi connectivity index (χ1v) is 7.49. The van der Waals surface area contributed by atoms with Crippen LogP contribution in [0.15, 0.2) is 43.0 Å². The molecule has 0 amide bonds. The fraction of sp³-hybridized carbons (Fsp3) is 0.188. The molecule has 8 heteroatoms. The summed E-state index contributed by atoms with van der Waals surface area (Å²) in [6.07, 6.45) is 4.90. The van der Waals surface area contributed by atoms with Crippen molar-refractivity contribution in [1.82, 2.24) is 15.0 Å². The molecule has 2 heterocycles. The minimum Gasteiger partial charge on any atom is -0.380 e. The van der Waals surface area contributed by atoms with E-state index < -0.39 is 4.92 Å². The molecule has 8 nitrogen and oxygen atoms in total. The van der Waals surface area contributed by atoms with Gasteiger partial charge in [0, 0.05) is 36.9 Å². The van der Waals surface area contributed by atoms with Gasteiger partial charge in [-0.05, 0) is 24.6 Å². The fourth-order valence-electron chi connectivity index (χ4n) is 2.40. The third kappa shape index (κ3) is 3.22. The first-order chi connectivity index (χ1) is 11.7. The zero-order valence-corrected chi connectivity index (χ0v) is 13.1. The summed E-state index contributed by atoms with van der Waals surface area (Å²) < 4.78 is 0. The maximum absolute atomic E-state index is 11.3. The topological polar surface area (TPSA) is 106 Å². The van der Waals surface area contributed by atoms with Crippen molar-refractivity contribution >= 4 is 28.1 Å². The minimum absolute atomic E-state index is 0.00331. The second-order valence-electron chi connectivity index (χ2n) is 5.11. The van der Waals surface area contributed by atoms with Crippen molar-refractivity contribution in [3.05, 3.63) is 58.7 Å². The third-order valence-corrected chi connectivity index (χ3v) is 3.50.